The van der Waals surface area contributed by atoms with E-state index in [1.54, 1.807) is 0 Å². The van der Waals surface area contributed by atoms with Gasteiger partial charge in [0.1, 0.15) is 0 Å². The molecule has 0 radical (unpaired) electrons. The van der Waals surface area contributed by atoms with Gasteiger partial charge < -0.3 is 10.4 Å². The molecule has 16 heavy (non-hydrogen) atoms. The maximum atomic E-state index is 5.76. The first-order chi connectivity index (χ1) is 7.56. The van der Waals surface area contributed by atoms with Gasteiger partial charge in [-0.1, -0.05) is 24.5 Å². The largest absolute Gasteiger partial charge is 0.431 e. The molecule has 3 heteroatoms. The monoisotopic (exact) mass is 219 g/mol. The highest BCUT2D eigenvalue weighted by atomic mass is 16.4. The minimum Gasteiger partial charge on any atom is -0.431 e. The molecule has 0 aliphatic heterocycles. The molecule has 0 amide bonds. The summed E-state index contributed by atoms with van der Waals surface area (Å²) in [5.41, 5.74) is 10.7. The van der Waals surface area contributed by atoms with Crippen LogP contribution in [0.15, 0.2) is 12.1 Å². The van der Waals surface area contributed by atoms with Crippen LogP contribution in [0.5, 0.6) is 0 Å². The van der Waals surface area contributed by atoms with Crippen LogP contribution < -0.4 is 11.2 Å². The van der Waals surface area contributed by atoms with Crippen molar-refractivity contribution < 1.29 is 4.65 Å². The molecule has 0 atom stereocenters. The third-order valence-electron chi connectivity index (χ3n) is 3.04. The van der Waals surface area contributed by atoms with Crippen LogP contribution in [0.25, 0.3) is 0 Å². The summed E-state index contributed by atoms with van der Waals surface area (Å²) in [6, 6.07) is 4.46. The maximum absolute atomic E-state index is 5.76. The quantitative estimate of drug-likeness (QED) is 0.605. The first kappa shape index (κ1) is 13.3. The van der Waals surface area contributed by atoms with Crippen LogP contribution in [-0.4, -0.2) is 20.1 Å². The molecule has 0 spiro atoms. The minimum atomic E-state index is 0.158. The number of hydrogen-bond donors (Lipinski definition) is 1. The zero-order chi connectivity index (χ0) is 12.1. The fourth-order valence-corrected chi connectivity index (χ4v) is 1.85. The Hall–Kier alpha value is -0.795. The zero-order valence-electron chi connectivity index (χ0n) is 10.8. The highest BCUT2D eigenvalue weighted by molar-refractivity contribution is 6.66. The second kappa shape index (κ2) is 6.07. The molecule has 0 heterocycles. The molecule has 1 rings (SSSR count). The molecule has 88 valence electrons. The summed E-state index contributed by atoms with van der Waals surface area (Å²) in [4.78, 5) is 0. The third-order valence-corrected chi connectivity index (χ3v) is 3.04. The summed E-state index contributed by atoms with van der Waals surface area (Å²) in [6.45, 7) is 10.1. The lowest BCUT2D eigenvalue weighted by Crippen LogP contribution is -2.33. The lowest BCUT2D eigenvalue weighted by atomic mass is 9.61. The standard InChI is InChI=1S/C13H22BNO/c1-10-8-12(3)13(9-11(10)2)14(4)16-7-5-6-15/h8-9H,5-7,15H2,1-4H3. The molecular weight excluding hydrogens is 197 g/mol. The van der Waals surface area contributed by atoms with E-state index in [0.29, 0.717) is 6.54 Å². The summed E-state index contributed by atoms with van der Waals surface area (Å²) in [7, 11) is 0. The first-order valence-corrected chi connectivity index (χ1v) is 5.95. The number of hydrogen-bond acceptors (Lipinski definition) is 2. The summed E-state index contributed by atoms with van der Waals surface area (Å²) in [5, 5.41) is 0. The van der Waals surface area contributed by atoms with Crippen LogP contribution in [0.4, 0.5) is 0 Å². The lowest BCUT2D eigenvalue weighted by molar-refractivity contribution is 0.325. The van der Waals surface area contributed by atoms with E-state index in [1.807, 2.05) is 0 Å². The van der Waals surface area contributed by atoms with Crippen molar-refractivity contribution in [3.63, 3.8) is 0 Å². The van der Waals surface area contributed by atoms with Crippen molar-refractivity contribution in [2.45, 2.75) is 34.0 Å². The second-order valence-corrected chi connectivity index (χ2v) is 4.45. The summed E-state index contributed by atoms with van der Waals surface area (Å²) < 4.78 is 5.76. The van der Waals surface area contributed by atoms with Crippen LogP contribution in [0.1, 0.15) is 23.1 Å². The molecular formula is C13H22BNO. The second-order valence-electron chi connectivity index (χ2n) is 4.45. The van der Waals surface area contributed by atoms with Gasteiger partial charge in [0, 0.05) is 6.61 Å². The topological polar surface area (TPSA) is 35.2 Å². The molecule has 0 saturated heterocycles. The van der Waals surface area contributed by atoms with E-state index in [1.165, 1.54) is 22.2 Å². The van der Waals surface area contributed by atoms with E-state index in [4.69, 9.17) is 10.4 Å². The van der Waals surface area contributed by atoms with Gasteiger partial charge in [-0.2, -0.15) is 0 Å². The van der Waals surface area contributed by atoms with Crippen molar-refractivity contribution in [3.8, 4) is 0 Å². The normalized spacial score (nSPS) is 10.6. The SMILES string of the molecule is CB(OCCCN)c1cc(C)c(C)cc1C. The van der Waals surface area contributed by atoms with Gasteiger partial charge >= 0.3 is 6.92 Å². The Balaban J connectivity index is 2.75. The molecule has 1 aromatic carbocycles. The smallest absolute Gasteiger partial charge is 0.323 e. The van der Waals surface area contributed by atoms with Gasteiger partial charge in [-0.3, -0.25) is 0 Å². The molecule has 0 saturated carbocycles. The molecule has 0 aliphatic rings. The van der Waals surface area contributed by atoms with E-state index in [0.717, 1.165) is 13.0 Å². The minimum absolute atomic E-state index is 0.158. The van der Waals surface area contributed by atoms with Gasteiger partial charge in [0.2, 0.25) is 0 Å². The van der Waals surface area contributed by atoms with Gasteiger partial charge in [-0.15, -0.1) is 0 Å². The fourth-order valence-electron chi connectivity index (χ4n) is 1.85. The van der Waals surface area contributed by atoms with Crippen molar-refractivity contribution >= 4 is 12.4 Å². The van der Waals surface area contributed by atoms with E-state index in [2.05, 4.69) is 39.7 Å². The van der Waals surface area contributed by atoms with E-state index in [9.17, 15) is 0 Å². The van der Waals surface area contributed by atoms with Crippen molar-refractivity contribution in [3.05, 3.63) is 28.8 Å². The van der Waals surface area contributed by atoms with Crippen molar-refractivity contribution in [1.29, 1.82) is 0 Å². The van der Waals surface area contributed by atoms with Crippen LogP contribution >= 0.6 is 0 Å². The van der Waals surface area contributed by atoms with E-state index >= 15 is 0 Å². The number of nitrogens with two attached hydrogens (primary N) is 1. The lowest BCUT2D eigenvalue weighted by Gasteiger charge is -2.14. The van der Waals surface area contributed by atoms with Crippen molar-refractivity contribution in [1.82, 2.24) is 0 Å². The molecule has 1 aromatic rings. The van der Waals surface area contributed by atoms with Crippen LogP contribution in [0, 0.1) is 20.8 Å². The number of rotatable bonds is 5. The molecule has 0 unspecified atom stereocenters. The van der Waals surface area contributed by atoms with Crippen LogP contribution in [0.2, 0.25) is 6.82 Å². The Kier molecular flexibility index (Phi) is 5.03. The molecule has 2 nitrogen and oxygen atoms in total. The fraction of sp³-hybridized carbons (Fsp3) is 0.538. The number of aryl methyl sites for hydroxylation is 3. The number of benzene rings is 1. The Labute approximate surface area is 99.3 Å². The molecule has 0 fully saturated rings. The zero-order valence-corrected chi connectivity index (χ0v) is 10.8. The Morgan fingerprint density at radius 1 is 1.12 bits per heavy atom. The van der Waals surface area contributed by atoms with Crippen molar-refractivity contribution in [2.24, 2.45) is 5.73 Å². The van der Waals surface area contributed by atoms with Crippen LogP contribution in [-0.2, 0) is 4.65 Å². The molecule has 2 N–H and O–H groups in total. The van der Waals surface area contributed by atoms with Crippen molar-refractivity contribution in [2.75, 3.05) is 13.2 Å². The van der Waals surface area contributed by atoms with Gasteiger partial charge in [0.05, 0.1) is 0 Å². The van der Waals surface area contributed by atoms with Gasteiger partial charge in [0.15, 0.2) is 0 Å². The first-order valence-electron chi connectivity index (χ1n) is 5.95. The Bertz CT molecular complexity index is 352. The van der Waals surface area contributed by atoms with Gasteiger partial charge in [-0.25, -0.2) is 0 Å². The Morgan fingerprint density at radius 2 is 1.75 bits per heavy atom. The average Bonchev–Trinajstić information content (AvgIpc) is 2.23. The predicted octanol–water partition coefficient (Wildman–Crippen LogP) is 1.81. The average molecular weight is 219 g/mol. The highest BCUT2D eigenvalue weighted by Crippen LogP contribution is 2.08. The molecule has 0 bridgehead atoms. The van der Waals surface area contributed by atoms with Gasteiger partial charge in [0.25, 0.3) is 0 Å². The predicted molar refractivity (Wildman–Crippen MR) is 71.5 cm³/mol. The summed E-state index contributed by atoms with van der Waals surface area (Å²) in [6.07, 6.45) is 0.925. The molecule has 0 aromatic heterocycles. The van der Waals surface area contributed by atoms with E-state index in [-0.39, 0.29) is 6.92 Å². The van der Waals surface area contributed by atoms with E-state index < -0.39 is 0 Å². The highest BCUT2D eigenvalue weighted by Gasteiger charge is 2.14. The van der Waals surface area contributed by atoms with Crippen LogP contribution in [0.3, 0.4) is 0 Å². The molecule has 0 aliphatic carbocycles. The Morgan fingerprint density at radius 3 is 2.38 bits per heavy atom. The maximum Gasteiger partial charge on any atom is 0.323 e. The summed E-state index contributed by atoms with van der Waals surface area (Å²) >= 11 is 0. The van der Waals surface area contributed by atoms with Gasteiger partial charge in [-0.05, 0) is 50.3 Å². The third kappa shape index (κ3) is 3.36. The summed E-state index contributed by atoms with van der Waals surface area (Å²) in [5.74, 6) is 0.